The number of halogens is 1. The highest BCUT2D eigenvalue weighted by Crippen LogP contribution is 2.30. The van der Waals surface area contributed by atoms with Crippen LogP contribution in [0.4, 0.5) is 5.69 Å². The number of hydrogen-bond acceptors (Lipinski definition) is 2. The predicted molar refractivity (Wildman–Crippen MR) is 59.7 cm³/mol. The molecule has 1 heterocycles. The first-order chi connectivity index (χ1) is 7.20. The van der Waals surface area contributed by atoms with Gasteiger partial charge in [-0.3, -0.25) is 4.79 Å². The monoisotopic (exact) mass is 225 g/mol. The zero-order valence-electron chi connectivity index (χ0n) is 8.47. The number of carbonyl (C=O) groups excluding carboxylic acids is 1. The number of ether oxygens (including phenoxy) is 1. The Morgan fingerprint density at radius 1 is 1.60 bits per heavy atom. The van der Waals surface area contributed by atoms with Gasteiger partial charge < -0.3 is 10.1 Å². The number of hydrogen-bond donors (Lipinski definition) is 1. The topological polar surface area (TPSA) is 38.3 Å². The lowest BCUT2D eigenvalue weighted by molar-refractivity contribution is -0.113. The van der Waals surface area contributed by atoms with Crippen molar-refractivity contribution in [2.24, 2.45) is 0 Å². The lowest BCUT2D eigenvalue weighted by Gasteiger charge is -2.09. The molecule has 1 aromatic rings. The second kappa shape index (κ2) is 4.11. The minimum absolute atomic E-state index is 0.0208. The van der Waals surface area contributed by atoms with Gasteiger partial charge in [0.05, 0.1) is 6.61 Å². The number of rotatable bonds is 2. The van der Waals surface area contributed by atoms with Gasteiger partial charge in [-0.1, -0.05) is 0 Å². The van der Waals surface area contributed by atoms with Crippen molar-refractivity contribution in [2.45, 2.75) is 13.3 Å². The van der Waals surface area contributed by atoms with E-state index in [4.69, 9.17) is 16.3 Å². The number of anilines is 1. The van der Waals surface area contributed by atoms with Crippen LogP contribution in [0.15, 0.2) is 12.1 Å². The Morgan fingerprint density at radius 2 is 2.40 bits per heavy atom. The Labute approximate surface area is 93.4 Å². The van der Waals surface area contributed by atoms with E-state index in [1.807, 2.05) is 19.1 Å². The summed E-state index contributed by atoms with van der Waals surface area (Å²) in [6.07, 6.45) is 0.902. The van der Waals surface area contributed by atoms with Gasteiger partial charge >= 0.3 is 0 Å². The summed E-state index contributed by atoms with van der Waals surface area (Å²) in [5.41, 5.74) is 2.96. The minimum atomic E-state index is -0.182. The first-order valence-electron chi connectivity index (χ1n) is 4.83. The van der Waals surface area contributed by atoms with Gasteiger partial charge in [-0.05, 0) is 30.2 Å². The number of amides is 1. The maximum Gasteiger partial charge on any atom is 0.239 e. The van der Waals surface area contributed by atoms with Crippen LogP contribution in [0.25, 0.3) is 0 Å². The van der Waals surface area contributed by atoms with Crippen LogP contribution >= 0.6 is 11.6 Å². The fourth-order valence-corrected chi connectivity index (χ4v) is 1.71. The molecule has 0 unspecified atom stereocenters. The fourth-order valence-electron chi connectivity index (χ4n) is 1.65. The number of fused-ring (bicyclic) bond motifs is 1. The van der Waals surface area contributed by atoms with Crippen molar-refractivity contribution in [2.75, 3.05) is 17.8 Å². The van der Waals surface area contributed by atoms with Crippen LogP contribution in [0.1, 0.15) is 11.1 Å². The van der Waals surface area contributed by atoms with Gasteiger partial charge in [-0.25, -0.2) is 0 Å². The summed E-state index contributed by atoms with van der Waals surface area (Å²) in [6, 6.07) is 3.91. The van der Waals surface area contributed by atoms with Crippen molar-refractivity contribution in [1.29, 1.82) is 0 Å². The van der Waals surface area contributed by atoms with Gasteiger partial charge in [0.1, 0.15) is 11.6 Å². The Bertz CT molecular complexity index is 404. The highest BCUT2D eigenvalue weighted by atomic mass is 35.5. The van der Waals surface area contributed by atoms with Crippen LogP contribution in [0.3, 0.4) is 0 Å². The van der Waals surface area contributed by atoms with E-state index in [2.05, 4.69) is 5.32 Å². The molecule has 3 nitrogen and oxygen atoms in total. The molecule has 1 amide bonds. The first-order valence-corrected chi connectivity index (χ1v) is 5.36. The molecule has 4 heteroatoms. The summed E-state index contributed by atoms with van der Waals surface area (Å²) < 4.78 is 5.43. The van der Waals surface area contributed by atoms with Gasteiger partial charge in [0.2, 0.25) is 5.91 Å². The van der Waals surface area contributed by atoms with Crippen LogP contribution in [0.2, 0.25) is 0 Å². The molecule has 0 bridgehead atoms. The van der Waals surface area contributed by atoms with E-state index in [1.54, 1.807) is 0 Å². The molecule has 15 heavy (non-hydrogen) atoms. The van der Waals surface area contributed by atoms with Crippen molar-refractivity contribution in [3.05, 3.63) is 23.3 Å². The Kier molecular flexibility index (Phi) is 2.82. The third-order valence-electron chi connectivity index (χ3n) is 2.43. The zero-order chi connectivity index (χ0) is 10.8. The minimum Gasteiger partial charge on any atom is -0.493 e. The van der Waals surface area contributed by atoms with Crippen molar-refractivity contribution in [3.63, 3.8) is 0 Å². The van der Waals surface area contributed by atoms with Crippen molar-refractivity contribution in [1.82, 2.24) is 0 Å². The Hall–Kier alpha value is -1.22. The molecule has 0 atom stereocenters. The Morgan fingerprint density at radius 3 is 3.13 bits per heavy atom. The number of benzene rings is 1. The standard InChI is InChI=1S/C11H12ClNO2/c1-7-4-10-8(2-3-15-10)5-9(7)13-11(14)6-12/h4-5H,2-3,6H2,1H3,(H,13,14). The van der Waals surface area contributed by atoms with Crippen molar-refractivity contribution < 1.29 is 9.53 Å². The molecule has 0 radical (unpaired) electrons. The summed E-state index contributed by atoms with van der Waals surface area (Å²) in [5.74, 6) is 0.725. The maximum atomic E-state index is 11.2. The zero-order valence-corrected chi connectivity index (χ0v) is 9.23. The van der Waals surface area contributed by atoms with Gasteiger partial charge in [-0.15, -0.1) is 11.6 Å². The molecule has 1 aromatic carbocycles. The highest BCUT2D eigenvalue weighted by molar-refractivity contribution is 6.29. The summed E-state index contributed by atoms with van der Waals surface area (Å²) >= 11 is 5.43. The first kappa shape index (κ1) is 10.3. The molecule has 1 aliphatic heterocycles. The van der Waals surface area contributed by atoms with E-state index < -0.39 is 0 Å². The van der Waals surface area contributed by atoms with E-state index in [9.17, 15) is 4.79 Å². The van der Waals surface area contributed by atoms with E-state index in [1.165, 1.54) is 0 Å². The lowest BCUT2D eigenvalue weighted by Crippen LogP contribution is -2.13. The van der Waals surface area contributed by atoms with Gasteiger partial charge in [0, 0.05) is 12.1 Å². The molecule has 0 fully saturated rings. The van der Waals surface area contributed by atoms with E-state index in [0.717, 1.165) is 35.6 Å². The number of nitrogens with one attached hydrogen (secondary N) is 1. The number of aryl methyl sites for hydroxylation is 1. The molecule has 0 saturated carbocycles. The smallest absolute Gasteiger partial charge is 0.239 e. The molecule has 1 N–H and O–H groups in total. The largest absolute Gasteiger partial charge is 0.493 e. The highest BCUT2D eigenvalue weighted by Gasteiger charge is 2.15. The van der Waals surface area contributed by atoms with Crippen molar-refractivity contribution in [3.8, 4) is 5.75 Å². The summed E-state index contributed by atoms with van der Waals surface area (Å²) in [4.78, 5) is 11.2. The van der Waals surface area contributed by atoms with Crippen LogP contribution in [-0.4, -0.2) is 18.4 Å². The predicted octanol–water partition coefficient (Wildman–Crippen LogP) is 2.11. The van der Waals surface area contributed by atoms with E-state index >= 15 is 0 Å². The van der Waals surface area contributed by atoms with Gasteiger partial charge in [-0.2, -0.15) is 0 Å². The summed E-state index contributed by atoms with van der Waals surface area (Å²) in [7, 11) is 0. The SMILES string of the molecule is Cc1cc2c(cc1NC(=O)CCl)CCO2. The average molecular weight is 226 g/mol. The normalized spacial score (nSPS) is 13.2. The summed E-state index contributed by atoms with van der Waals surface area (Å²) in [6.45, 7) is 2.66. The van der Waals surface area contributed by atoms with Crippen molar-refractivity contribution >= 4 is 23.2 Å². The number of alkyl halides is 1. The molecule has 0 spiro atoms. The second-order valence-electron chi connectivity index (χ2n) is 3.56. The molecule has 0 aromatic heterocycles. The molecular weight excluding hydrogens is 214 g/mol. The third kappa shape index (κ3) is 2.07. The summed E-state index contributed by atoms with van der Waals surface area (Å²) in [5, 5.41) is 2.76. The fraction of sp³-hybridized carbons (Fsp3) is 0.364. The number of carbonyl (C=O) groups is 1. The molecular formula is C11H12ClNO2. The van der Waals surface area contributed by atoms with Crippen LogP contribution in [-0.2, 0) is 11.2 Å². The molecule has 0 aliphatic carbocycles. The van der Waals surface area contributed by atoms with E-state index in [0.29, 0.717) is 0 Å². The van der Waals surface area contributed by atoms with Crippen LogP contribution in [0, 0.1) is 6.92 Å². The third-order valence-corrected chi connectivity index (χ3v) is 2.67. The van der Waals surface area contributed by atoms with Crippen LogP contribution in [0.5, 0.6) is 5.75 Å². The lowest BCUT2D eigenvalue weighted by atomic mass is 10.1. The van der Waals surface area contributed by atoms with Gasteiger partial charge in [0.25, 0.3) is 0 Å². The maximum absolute atomic E-state index is 11.2. The van der Waals surface area contributed by atoms with E-state index in [-0.39, 0.29) is 11.8 Å². The molecule has 2 rings (SSSR count). The Balaban J connectivity index is 2.28. The molecule has 1 aliphatic rings. The molecule has 0 saturated heterocycles. The quantitative estimate of drug-likeness (QED) is 0.783. The average Bonchev–Trinajstić information content (AvgIpc) is 2.65. The van der Waals surface area contributed by atoms with Crippen LogP contribution < -0.4 is 10.1 Å². The molecule has 80 valence electrons. The van der Waals surface area contributed by atoms with Gasteiger partial charge in [0.15, 0.2) is 0 Å². The second-order valence-corrected chi connectivity index (χ2v) is 3.82.